The summed E-state index contributed by atoms with van der Waals surface area (Å²) in [6, 6.07) is 5.47. The Kier molecular flexibility index (Phi) is 5.53. The van der Waals surface area contributed by atoms with E-state index in [9.17, 15) is 4.79 Å². The first kappa shape index (κ1) is 15.3. The van der Waals surface area contributed by atoms with E-state index in [0.29, 0.717) is 31.2 Å². The predicted molar refractivity (Wildman–Crippen MR) is 81.8 cm³/mol. The summed E-state index contributed by atoms with van der Waals surface area (Å²) in [5.74, 6) is 0.154. The number of hydrogen-bond donors (Lipinski definition) is 2. The van der Waals surface area contributed by atoms with Gasteiger partial charge in [0.15, 0.2) is 0 Å². The summed E-state index contributed by atoms with van der Waals surface area (Å²) in [5.41, 5.74) is 6.63. The van der Waals surface area contributed by atoms with Crippen molar-refractivity contribution in [3.63, 3.8) is 0 Å². The molecule has 2 rings (SSSR count). The third-order valence-corrected chi connectivity index (χ3v) is 3.62. The van der Waals surface area contributed by atoms with Crippen LogP contribution >= 0.6 is 11.3 Å². The highest BCUT2D eigenvalue weighted by atomic mass is 32.1. The van der Waals surface area contributed by atoms with Crippen molar-refractivity contribution in [3.8, 4) is 5.88 Å². The number of amides is 1. The summed E-state index contributed by atoms with van der Waals surface area (Å²) in [7, 11) is 1.62. The molecule has 0 atom stereocenters. The van der Waals surface area contributed by atoms with Crippen LogP contribution in [0.1, 0.15) is 15.2 Å². The second kappa shape index (κ2) is 7.61. The number of primary amides is 1. The topological polar surface area (TPSA) is 86.5 Å². The van der Waals surface area contributed by atoms with Gasteiger partial charge >= 0.3 is 0 Å². The first-order chi connectivity index (χ1) is 10.2. The van der Waals surface area contributed by atoms with E-state index in [4.69, 9.17) is 15.2 Å². The van der Waals surface area contributed by atoms with E-state index in [1.165, 1.54) is 11.3 Å². The van der Waals surface area contributed by atoms with Gasteiger partial charge in [0.2, 0.25) is 11.8 Å². The van der Waals surface area contributed by atoms with Gasteiger partial charge in [0.05, 0.1) is 24.1 Å². The smallest absolute Gasteiger partial charge is 0.249 e. The van der Waals surface area contributed by atoms with Crippen molar-refractivity contribution >= 4 is 22.9 Å². The van der Waals surface area contributed by atoms with Crippen molar-refractivity contribution in [1.29, 1.82) is 0 Å². The highest BCUT2D eigenvalue weighted by Gasteiger charge is 2.04. The van der Waals surface area contributed by atoms with Gasteiger partial charge < -0.3 is 20.5 Å². The average Bonchev–Trinajstić information content (AvgIpc) is 2.96. The minimum atomic E-state index is -0.406. The van der Waals surface area contributed by atoms with Crippen LogP contribution in [-0.4, -0.2) is 31.2 Å². The van der Waals surface area contributed by atoms with Crippen LogP contribution in [0.25, 0.3) is 0 Å². The fraction of sp³-hybridized carbons (Fsp3) is 0.286. The highest BCUT2D eigenvalue weighted by molar-refractivity contribution is 7.10. The number of methoxy groups -OCH3 is 1. The van der Waals surface area contributed by atoms with Crippen LogP contribution in [0, 0.1) is 0 Å². The third-order valence-electron chi connectivity index (χ3n) is 2.68. The molecular formula is C14H17N3O3S. The SMILES string of the molecule is COCCOc1ccc(NCc2cc(C(N)=O)cs2)cn1. The Balaban J connectivity index is 1.83. The number of rotatable bonds is 8. The molecule has 6 nitrogen and oxygen atoms in total. The zero-order valence-corrected chi connectivity index (χ0v) is 12.5. The molecule has 0 aliphatic rings. The number of thiophene rings is 1. The normalized spacial score (nSPS) is 10.3. The molecular weight excluding hydrogens is 290 g/mol. The minimum absolute atomic E-state index is 0.406. The molecule has 21 heavy (non-hydrogen) atoms. The van der Waals surface area contributed by atoms with E-state index in [-0.39, 0.29) is 0 Å². The molecule has 1 amide bonds. The largest absolute Gasteiger partial charge is 0.475 e. The molecule has 0 aromatic carbocycles. The lowest BCUT2D eigenvalue weighted by Crippen LogP contribution is -2.09. The molecule has 3 N–H and O–H groups in total. The number of nitrogens with one attached hydrogen (secondary N) is 1. The Labute approximate surface area is 126 Å². The molecule has 0 unspecified atom stereocenters. The Bertz CT molecular complexity index is 583. The first-order valence-corrected chi connectivity index (χ1v) is 7.26. The van der Waals surface area contributed by atoms with Gasteiger partial charge in [-0.15, -0.1) is 11.3 Å². The molecule has 7 heteroatoms. The summed E-state index contributed by atoms with van der Waals surface area (Å²) < 4.78 is 10.3. The number of anilines is 1. The summed E-state index contributed by atoms with van der Waals surface area (Å²) >= 11 is 1.49. The van der Waals surface area contributed by atoms with Crippen LogP contribution in [0.15, 0.2) is 29.8 Å². The van der Waals surface area contributed by atoms with Gasteiger partial charge in [-0.1, -0.05) is 0 Å². The number of aromatic nitrogens is 1. The van der Waals surface area contributed by atoms with Crippen molar-refractivity contribution in [3.05, 3.63) is 40.2 Å². The average molecular weight is 307 g/mol. The van der Waals surface area contributed by atoms with Crippen LogP contribution in [0.3, 0.4) is 0 Å². The minimum Gasteiger partial charge on any atom is -0.475 e. The summed E-state index contributed by atoms with van der Waals surface area (Å²) in [5, 5.41) is 4.98. The van der Waals surface area contributed by atoms with Crippen LogP contribution in [-0.2, 0) is 11.3 Å². The zero-order chi connectivity index (χ0) is 15.1. The number of ether oxygens (including phenoxy) is 2. The van der Waals surface area contributed by atoms with Gasteiger partial charge in [0, 0.05) is 30.0 Å². The van der Waals surface area contributed by atoms with E-state index in [0.717, 1.165) is 10.6 Å². The molecule has 0 bridgehead atoms. The maximum atomic E-state index is 11.0. The Morgan fingerprint density at radius 2 is 2.29 bits per heavy atom. The monoisotopic (exact) mass is 307 g/mol. The third kappa shape index (κ3) is 4.73. The quantitative estimate of drug-likeness (QED) is 0.727. The lowest BCUT2D eigenvalue weighted by atomic mass is 10.3. The molecule has 0 aliphatic carbocycles. The Morgan fingerprint density at radius 3 is 2.90 bits per heavy atom. The van der Waals surface area contributed by atoms with Crippen molar-refractivity contribution in [2.75, 3.05) is 25.6 Å². The number of carbonyl (C=O) groups excluding carboxylic acids is 1. The lowest BCUT2D eigenvalue weighted by molar-refractivity contribution is 0.100. The molecule has 2 aromatic rings. The van der Waals surface area contributed by atoms with Gasteiger partial charge in [-0.3, -0.25) is 4.79 Å². The Morgan fingerprint density at radius 1 is 1.43 bits per heavy atom. The molecule has 112 valence electrons. The molecule has 0 spiro atoms. The molecule has 0 saturated carbocycles. The second-order valence-electron chi connectivity index (χ2n) is 4.25. The van der Waals surface area contributed by atoms with Crippen molar-refractivity contribution in [2.45, 2.75) is 6.54 Å². The number of carbonyl (C=O) groups is 1. The van der Waals surface area contributed by atoms with Gasteiger partial charge in [-0.05, 0) is 12.1 Å². The summed E-state index contributed by atoms with van der Waals surface area (Å²) in [6.07, 6.45) is 1.70. The number of pyridine rings is 1. The molecule has 0 aliphatic heterocycles. The molecule has 0 saturated heterocycles. The maximum absolute atomic E-state index is 11.0. The highest BCUT2D eigenvalue weighted by Crippen LogP contribution is 2.17. The van der Waals surface area contributed by atoms with E-state index >= 15 is 0 Å². The number of nitrogens with two attached hydrogens (primary N) is 1. The standard InChI is InChI=1S/C14H17N3O3S/c1-19-4-5-20-13-3-2-11(7-17-13)16-8-12-6-10(9-21-12)14(15)18/h2-3,6-7,9,16H,4-5,8H2,1H3,(H2,15,18). The zero-order valence-electron chi connectivity index (χ0n) is 11.7. The van der Waals surface area contributed by atoms with E-state index in [2.05, 4.69) is 10.3 Å². The first-order valence-electron chi connectivity index (χ1n) is 6.38. The van der Waals surface area contributed by atoms with Crippen LogP contribution in [0.4, 0.5) is 5.69 Å². The fourth-order valence-electron chi connectivity index (χ4n) is 1.59. The van der Waals surface area contributed by atoms with Crippen molar-refractivity contribution in [1.82, 2.24) is 4.98 Å². The molecule has 0 radical (unpaired) electrons. The van der Waals surface area contributed by atoms with Crippen molar-refractivity contribution < 1.29 is 14.3 Å². The molecule has 0 fully saturated rings. The maximum Gasteiger partial charge on any atom is 0.249 e. The van der Waals surface area contributed by atoms with Gasteiger partial charge in [0.1, 0.15) is 6.61 Å². The second-order valence-corrected chi connectivity index (χ2v) is 5.24. The van der Waals surface area contributed by atoms with Gasteiger partial charge in [-0.2, -0.15) is 0 Å². The van der Waals surface area contributed by atoms with Crippen LogP contribution in [0.2, 0.25) is 0 Å². The van der Waals surface area contributed by atoms with Gasteiger partial charge in [-0.25, -0.2) is 4.98 Å². The van der Waals surface area contributed by atoms with E-state index in [1.807, 2.05) is 6.07 Å². The predicted octanol–water partition coefficient (Wildman–Crippen LogP) is 1.88. The van der Waals surface area contributed by atoms with Crippen LogP contribution < -0.4 is 15.8 Å². The van der Waals surface area contributed by atoms with Crippen molar-refractivity contribution in [2.24, 2.45) is 5.73 Å². The summed E-state index contributed by atoms with van der Waals surface area (Å²) in [4.78, 5) is 16.2. The number of hydrogen-bond acceptors (Lipinski definition) is 6. The summed E-state index contributed by atoms with van der Waals surface area (Å²) in [6.45, 7) is 1.62. The van der Waals surface area contributed by atoms with E-state index in [1.54, 1.807) is 30.8 Å². The molecule has 2 heterocycles. The molecule has 2 aromatic heterocycles. The number of nitrogens with zero attached hydrogens (tertiary/aromatic N) is 1. The van der Waals surface area contributed by atoms with Gasteiger partial charge in [0.25, 0.3) is 0 Å². The fourth-order valence-corrected chi connectivity index (χ4v) is 2.40. The van der Waals surface area contributed by atoms with Crippen LogP contribution in [0.5, 0.6) is 5.88 Å². The van der Waals surface area contributed by atoms with E-state index < -0.39 is 5.91 Å². The Hall–Kier alpha value is -2.12. The lowest BCUT2D eigenvalue weighted by Gasteiger charge is -2.07.